The highest BCUT2D eigenvalue weighted by molar-refractivity contribution is 5.91. The molecule has 8 heteroatoms. The van der Waals surface area contributed by atoms with Crippen LogP contribution in [0.3, 0.4) is 0 Å². The van der Waals surface area contributed by atoms with Crippen LogP contribution in [0.15, 0.2) is 60.7 Å². The Kier molecular flexibility index (Phi) is 8.17. The van der Waals surface area contributed by atoms with Crippen LogP contribution in [0, 0.1) is 0 Å². The minimum atomic E-state index is -1.31. The van der Waals surface area contributed by atoms with E-state index < -0.39 is 36.1 Å². The van der Waals surface area contributed by atoms with E-state index in [2.05, 4.69) is 10.6 Å². The van der Waals surface area contributed by atoms with Crippen molar-refractivity contribution < 1.29 is 24.2 Å². The van der Waals surface area contributed by atoms with E-state index in [1.807, 2.05) is 12.1 Å². The third-order valence-corrected chi connectivity index (χ3v) is 4.19. The summed E-state index contributed by atoms with van der Waals surface area (Å²) in [5.41, 5.74) is 6.98. The Labute approximate surface area is 169 Å². The van der Waals surface area contributed by atoms with Gasteiger partial charge in [-0.3, -0.25) is 9.59 Å². The minimum Gasteiger partial charge on any atom is -0.445 e. The molecule has 0 aromatic heterocycles. The molecule has 8 nitrogen and oxygen atoms in total. The van der Waals surface area contributed by atoms with Crippen molar-refractivity contribution >= 4 is 17.9 Å². The molecule has 0 bridgehead atoms. The molecule has 0 heterocycles. The number of aliphatic hydroxyl groups is 1. The number of primary amides is 1. The molecule has 3 amide bonds. The van der Waals surface area contributed by atoms with Crippen LogP contribution >= 0.6 is 0 Å². The van der Waals surface area contributed by atoms with E-state index >= 15 is 0 Å². The van der Waals surface area contributed by atoms with E-state index in [0.29, 0.717) is 0 Å². The lowest BCUT2D eigenvalue weighted by atomic mass is 10.0. The lowest BCUT2D eigenvalue weighted by Gasteiger charge is -2.23. The Bertz CT molecular complexity index is 812. The fourth-order valence-electron chi connectivity index (χ4n) is 2.63. The van der Waals surface area contributed by atoms with Crippen molar-refractivity contribution in [1.29, 1.82) is 0 Å². The van der Waals surface area contributed by atoms with Gasteiger partial charge in [0.1, 0.15) is 18.7 Å². The third kappa shape index (κ3) is 7.27. The summed E-state index contributed by atoms with van der Waals surface area (Å²) in [7, 11) is 0. The average Bonchev–Trinajstić information content (AvgIpc) is 2.71. The van der Waals surface area contributed by atoms with Gasteiger partial charge in [0.2, 0.25) is 11.8 Å². The Morgan fingerprint density at radius 3 is 2.03 bits per heavy atom. The molecule has 0 aliphatic carbocycles. The largest absolute Gasteiger partial charge is 0.445 e. The number of benzene rings is 2. The Balaban J connectivity index is 1.96. The van der Waals surface area contributed by atoms with Gasteiger partial charge in [-0.05, 0) is 18.1 Å². The summed E-state index contributed by atoms with van der Waals surface area (Å²) in [4.78, 5) is 36.3. The van der Waals surface area contributed by atoms with Crippen molar-refractivity contribution in [3.63, 3.8) is 0 Å². The molecule has 29 heavy (non-hydrogen) atoms. The maximum absolute atomic E-state index is 12.6. The quantitative estimate of drug-likeness (QED) is 0.497. The summed E-state index contributed by atoms with van der Waals surface area (Å²) >= 11 is 0. The van der Waals surface area contributed by atoms with Crippen molar-refractivity contribution in [3.05, 3.63) is 71.8 Å². The first-order chi connectivity index (χ1) is 13.9. The second-order valence-corrected chi connectivity index (χ2v) is 6.58. The summed E-state index contributed by atoms with van der Waals surface area (Å²) in [5, 5.41) is 14.7. The monoisotopic (exact) mass is 399 g/mol. The fourth-order valence-corrected chi connectivity index (χ4v) is 2.63. The molecule has 0 saturated heterocycles. The number of amides is 3. The van der Waals surface area contributed by atoms with E-state index in [0.717, 1.165) is 11.1 Å². The average molecular weight is 399 g/mol. The topological polar surface area (TPSA) is 131 Å². The second kappa shape index (κ2) is 10.8. The second-order valence-electron chi connectivity index (χ2n) is 6.58. The maximum Gasteiger partial charge on any atom is 0.408 e. The molecule has 3 atom stereocenters. The summed E-state index contributed by atoms with van der Waals surface area (Å²) in [6.07, 6.45) is -1.90. The van der Waals surface area contributed by atoms with Gasteiger partial charge in [0, 0.05) is 6.42 Å². The zero-order chi connectivity index (χ0) is 21.2. The third-order valence-electron chi connectivity index (χ3n) is 4.19. The Hall–Kier alpha value is -3.39. The number of hydrogen-bond donors (Lipinski definition) is 4. The summed E-state index contributed by atoms with van der Waals surface area (Å²) < 4.78 is 5.07. The van der Waals surface area contributed by atoms with Crippen LogP contribution in [-0.2, 0) is 27.4 Å². The van der Waals surface area contributed by atoms with Gasteiger partial charge < -0.3 is 26.2 Å². The molecular weight excluding hydrogens is 374 g/mol. The Morgan fingerprint density at radius 2 is 1.52 bits per heavy atom. The van der Waals surface area contributed by atoms with E-state index in [9.17, 15) is 19.5 Å². The molecule has 2 aromatic rings. The summed E-state index contributed by atoms with van der Waals surface area (Å²) in [6.45, 7) is 1.36. The lowest BCUT2D eigenvalue weighted by Crippen LogP contribution is -2.57. The van der Waals surface area contributed by atoms with Crippen LogP contribution in [0.1, 0.15) is 18.1 Å². The maximum atomic E-state index is 12.6. The molecular formula is C21H25N3O5. The molecule has 5 N–H and O–H groups in total. The molecule has 2 rings (SSSR count). The summed E-state index contributed by atoms with van der Waals surface area (Å²) in [6, 6.07) is 15.7. The van der Waals surface area contributed by atoms with Crippen LogP contribution in [0.2, 0.25) is 0 Å². The zero-order valence-corrected chi connectivity index (χ0v) is 16.1. The first kappa shape index (κ1) is 21.9. The minimum absolute atomic E-state index is 0.0126. The molecule has 2 aromatic carbocycles. The van der Waals surface area contributed by atoms with Crippen LogP contribution in [-0.4, -0.2) is 41.2 Å². The van der Waals surface area contributed by atoms with E-state index in [1.165, 1.54) is 6.92 Å². The molecule has 0 aliphatic rings. The fraction of sp³-hybridized carbons (Fsp3) is 0.286. The predicted molar refractivity (Wildman–Crippen MR) is 107 cm³/mol. The van der Waals surface area contributed by atoms with Gasteiger partial charge in [-0.2, -0.15) is 0 Å². The normalized spacial score (nSPS) is 13.6. The Morgan fingerprint density at radius 1 is 0.966 bits per heavy atom. The molecule has 0 radical (unpaired) electrons. The number of rotatable bonds is 9. The lowest BCUT2D eigenvalue weighted by molar-refractivity contribution is -0.130. The zero-order valence-electron chi connectivity index (χ0n) is 16.1. The number of carbonyl (C=O) groups is 3. The molecule has 154 valence electrons. The number of carbonyl (C=O) groups excluding carboxylic acids is 3. The number of nitrogens with one attached hydrogen (secondary N) is 2. The van der Waals surface area contributed by atoms with Crippen molar-refractivity contribution in [3.8, 4) is 0 Å². The van der Waals surface area contributed by atoms with E-state index in [4.69, 9.17) is 10.5 Å². The van der Waals surface area contributed by atoms with E-state index in [-0.39, 0.29) is 13.0 Å². The van der Waals surface area contributed by atoms with Crippen LogP contribution in [0.4, 0.5) is 4.79 Å². The number of alkyl carbamates (subject to hydrolysis) is 1. The molecule has 0 aliphatic heterocycles. The number of nitrogens with two attached hydrogens (primary N) is 1. The highest BCUT2D eigenvalue weighted by Crippen LogP contribution is 2.05. The van der Waals surface area contributed by atoms with Gasteiger partial charge in [0.25, 0.3) is 0 Å². The predicted octanol–water partition coefficient (Wildman–Crippen LogP) is 0.875. The van der Waals surface area contributed by atoms with Crippen LogP contribution in [0.25, 0.3) is 0 Å². The van der Waals surface area contributed by atoms with Crippen LogP contribution in [0.5, 0.6) is 0 Å². The van der Waals surface area contributed by atoms with Crippen molar-refractivity contribution in [2.45, 2.75) is 38.1 Å². The van der Waals surface area contributed by atoms with E-state index in [1.54, 1.807) is 48.5 Å². The van der Waals surface area contributed by atoms with Gasteiger partial charge in [-0.25, -0.2) is 4.79 Å². The highest BCUT2D eigenvalue weighted by atomic mass is 16.5. The molecule has 0 unspecified atom stereocenters. The van der Waals surface area contributed by atoms with Gasteiger partial charge >= 0.3 is 6.09 Å². The first-order valence-electron chi connectivity index (χ1n) is 9.15. The van der Waals surface area contributed by atoms with Gasteiger partial charge in [0.05, 0.1) is 6.10 Å². The molecule has 0 saturated carbocycles. The van der Waals surface area contributed by atoms with Gasteiger partial charge in [-0.1, -0.05) is 60.7 Å². The van der Waals surface area contributed by atoms with Crippen molar-refractivity contribution in [2.75, 3.05) is 0 Å². The van der Waals surface area contributed by atoms with Crippen LogP contribution < -0.4 is 16.4 Å². The smallest absolute Gasteiger partial charge is 0.408 e. The van der Waals surface area contributed by atoms with Crippen molar-refractivity contribution in [2.24, 2.45) is 5.73 Å². The first-order valence-corrected chi connectivity index (χ1v) is 9.15. The summed E-state index contributed by atoms with van der Waals surface area (Å²) in [5.74, 6) is -1.46. The van der Waals surface area contributed by atoms with Gasteiger partial charge in [-0.15, -0.1) is 0 Å². The SMILES string of the molecule is C[C@@H](O)[C@H](NC(=O)OCc1ccccc1)C(=O)N[C@H](Cc1ccccc1)C(N)=O. The molecule has 0 fully saturated rings. The standard InChI is InChI=1S/C21H25N3O5/c1-14(25)18(24-21(28)29-13-16-10-6-3-7-11-16)20(27)23-17(19(22)26)12-15-8-4-2-5-9-15/h2-11,14,17-18,25H,12-13H2,1H3,(H2,22,26)(H,23,27)(H,24,28)/t14-,17-,18+/m1/s1. The van der Waals surface area contributed by atoms with Crippen molar-refractivity contribution in [1.82, 2.24) is 10.6 Å². The highest BCUT2D eigenvalue weighted by Gasteiger charge is 2.29. The number of ether oxygens (including phenoxy) is 1. The molecule has 0 spiro atoms. The van der Waals surface area contributed by atoms with Gasteiger partial charge in [0.15, 0.2) is 0 Å². The number of hydrogen-bond acceptors (Lipinski definition) is 5. The number of aliphatic hydroxyl groups excluding tert-OH is 1.